The Morgan fingerprint density at radius 3 is 1.02 bits per heavy atom. The molecule has 0 aliphatic carbocycles. The highest BCUT2D eigenvalue weighted by molar-refractivity contribution is 5.69. The van der Waals surface area contributed by atoms with Gasteiger partial charge in [-0.15, -0.1) is 0 Å². The molecule has 0 aliphatic heterocycles. The van der Waals surface area contributed by atoms with Crippen molar-refractivity contribution >= 4 is 11.9 Å². The van der Waals surface area contributed by atoms with Crippen LogP contribution >= 0.6 is 0 Å². The average Bonchev–Trinajstić information content (AvgIpc) is 3.00. The van der Waals surface area contributed by atoms with Crippen LogP contribution in [0, 0.1) is 5.92 Å². The van der Waals surface area contributed by atoms with Crippen LogP contribution in [-0.4, -0.2) is 36.4 Å². The standard InChI is InChI=1S/C39H76O5/c1-4-5-6-7-8-9-10-11-12-13-14-17-20-23-26-29-32-38(41)43-34-37(40)35-44-39(42)33-30-27-24-21-18-15-16-19-22-25-28-31-36(2)3/h36-37,40H,4-35H2,1-3H3/t37-/m0/s1. The SMILES string of the molecule is CCCCCCCCCCCCCCCCCCC(=O)OC[C@H](O)COC(=O)CCCCCCCCCCCCCC(C)C. The first-order valence-corrected chi connectivity index (χ1v) is 19.4. The number of aliphatic hydroxyl groups is 1. The Labute approximate surface area is 274 Å². The Morgan fingerprint density at radius 1 is 0.455 bits per heavy atom. The highest BCUT2D eigenvalue weighted by Gasteiger charge is 2.12. The summed E-state index contributed by atoms with van der Waals surface area (Å²) in [6, 6.07) is 0. The molecular weight excluding hydrogens is 548 g/mol. The van der Waals surface area contributed by atoms with Crippen molar-refractivity contribution in [3.8, 4) is 0 Å². The molecule has 0 bridgehead atoms. The lowest BCUT2D eigenvalue weighted by molar-refractivity contribution is -0.152. The van der Waals surface area contributed by atoms with Gasteiger partial charge in [-0.25, -0.2) is 0 Å². The summed E-state index contributed by atoms with van der Waals surface area (Å²) in [5, 5.41) is 10.00. The summed E-state index contributed by atoms with van der Waals surface area (Å²) in [4.78, 5) is 23.9. The predicted octanol–water partition coefficient (Wildman–Crippen LogP) is 11.8. The van der Waals surface area contributed by atoms with Crippen LogP contribution in [0.25, 0.3) is 0 Å². The van der Waals surface area contributed by atoms with Crippen LogP contribution in [0.3, 0.4) is 0 Å². The van der Waals surface area contributed by atoms with E-state index in [1.165, 1.54) is 154 Å². The smallest absolute Gasteiger partial charge is 0.305 e. The number of unbranched alkanes of at least 4 members (excludes halogenated alkanes) is 25. The normalized spacial score (nSPS) is 12.1. The first-order valence-electron chi connectivity index (χ1n) is 19.4. The molecule has 0 amide bonds. The van der Waals surface area contributed by atoms with Gasteiger partial charge in [0.2, 0.25) is 0 Å². The largest absolute Gasteiger partial charge is 0.463 e. The molecule has 0 aromatic heterocycles. The van der Waals surface area contributed by atoms with Gasteiger partial charge in [-0.3, -0.25) is 9.59 Å². The second-order valence-corrected chi connectivity index (χ2v) is 13.9. The van der Waals surface area contributed by atoms with Crippen LogP contribution in [0.5, 0.6) is 0 Å². The maximum absolute atomic E-state index is 12.0. The fourth-order valence-corrected chi connectivity index (χ4v) is 5.80. The van der Waals surface area contributed by atoms with Crippen molar-refractivity contribution in [2.45, 2.75) is 219 Å². The lowest BCUT2D eigenvalue weighted by atomic mass is 10.0. The lowest BCUT2D eigenvalue weighted by Crippen LogP contribution is -2.25. The summed E-state index contributed by atoms with van der Waals surface area (Å²) in [5.41, 5.74) is 0. The minimum Gasteiger partial charge on any atom is -0.463 e. The maximum atomic E-state index is 12.0. The van der Waals surface area contributed by atoms with E-state index in [1.807, 2.05) is 0 Å². The third-order valence-electron chi connectivity index (χ3n) is 8.77. The van der Waals surface area contributed by atoms with E-state index in [9.17, 15) is 14.7 Å². The molecule has 262 valence electrons. The molecule has 0 saturated carbocycles. The van der Waals surface area contributed by atoms with Crippen molar-refractivity contribution in [1.82, 2.24) is 0 Å². The topological polar surface area (TPSA) is 72.8 Å². The second kappa shape index (κ2) is 34.8. The van der Waals surface area contributed by atoms with Gasteiger partial charge in [0.1, 0.15) is 19.3 Å². The fourth-order valence-electron chi connectivity index (χ4n) is 5.80. The van der Waals surface area contributed by atoms with Gasteiger partial charge < -0.3 is 14.6 Å². The molecule has 1 atom stereocenters. The van der Waals surface area contributed by atoms with E-state index in [1.54, 1.807) is 0 Å². The average molecular weight is 625 g/mol. The van der Waals surface area contributed by atoms with Crippen LogP contribution in [0.4, 0.5) is 0 Å². The zero-order chi connectivity index (χ0) is 32.4. The van der Waals surface area contributed by atoms with Crippen molar-refractivity contribution < 1.29 is 24.2 Å². The van der Waals surface area contributed by atoms with Crippen LogP contribution in [-0.2, 0) is 19.1 Å². The third-order valence-corrected chi connectivity index (χ3v) is 8.77. The molecule has 0 spiro atoms. The van der Waals surface area contributed by atoms with E-state index in [0.29, 0.717) is 12.8 Å². The van der Waals surface area contributed by atoms with E-state index in [4.69, 9.17) is 9.47 Å². The Hall–Kier alpha value is -1.10. The number of esters is 2. The van der Waals surface area contributed by atoms with Crippen molar-refractivity contribution in [1.29, 1.82) is 0 Å². The van der Waals surface area contributed by atoms with Gasteiger partial charge in [0.15, 0.2) is 0 Å². The molecule has 1 N–H and O–H groups in total. The van der Waals surface area contributed by atoms with Crippen LogP contribution in [0.2, 0.25) is 0 Å². The minimum atomic E-state index is -0.955. The highest BCUT2D eigenvalue weighted by Crippen LogP contribution is 2.16. The summed E-state index contributed by atoms with van der Waals surface area (Å²) in [6.07, 6.45) is 35.8. The number of hydrogen-bond acceptors (Lipinski definition) is 5. The molecule has 0 unspecified atom stereocenters. The number of carbonyl (C=O) groups is 2. The van der Waals surface area contributed by atoms with Gasteiger partial charge in [-0.1, -0.05) is 188 Å². The number of rotatable bonds is 35. The zero-order valence-corrected chi connectivity index (χ0v) is 29.9. The van der Waals surface area contributed by atoms with E-state index < -0.39 is 6.10 Å². The van der Waals surface area contributed by atoms with Crippen molar-refractivity contribution in [2.75, 3.05) is 13.2 Å². The van der Waals surface area contributed by atoms with Crippen molar-refractivity contribution in [2.24, 2.45) is 5.92 Å². The third kappa shape index (κ3) is 35.4. The van der Waals surface area contributed by atoms with Gasteiger partial charge in [-0.05, 0) is 18.8 Å². The van der Waals surface area contributed by atoms with Gasteiger partial charge in [0.05, 0.1) is 0 Å². The number of aliphatic hydroxyl groups excluding tert-OH is 1. The number of carbonyl (C=O) groups excluding carboxylic acids is 2. The molecule has 0 saturated heterocycles. The molecule has 0 aromatic rings. The van der Waals surface area contributed by atoms with Crippen molar-refractivity contribution in [3.63, 3.8) is 0 Å². The van der Waals surface area contributed by atoms with E-state index in [-0.39, 0.29) is 25.2 Å². The monoisotopic (exact) mass is 625 g/mol. The van der Waals surface area contributed by atoms with Gasteiger partial charge in [0.25, 0.3) is 0 Å². The maximum Gasteiger partial charge on any atom is 0.305 e. The predicted molar refractivity (Wildman–Crippen MR) is 187 cm³/mol. The molecule has 5 nitrogen and oxygen atoms in total. The molecule has 0 aromatic carbocycles. The zero-order valence-electron chi connectivity index (χ0n) is 29.9. The molecule has 5 heteroatoms. The van der Waals surface area contributed by atoms with E-state index in [0.717, 1.165) is 31.6 Å². The van der Waals surface area contributed by atoms with Crippen LogP contribution in [0.1, 0.15) is 213 Å². The Bertz CT molecular complexity index is 605. The molecule has 0 heterocycles. The first kappa shape index (κ1) is 42.9. The summed E-state index contributed by atoms with van der Waals surface area (Å²) < 4.78 is 10.3. The summed E-state index contributed by atoms with van der Waals surface area (Å²) >= 11 is 0. The fraction of sp³-hybridized carbons (Fsp3) is 0.949. The minimum absolute atomic E-state index is 0.108. The number of ether oxygens (including phenoxy) is 2. The van der Waals surface area contributed by atoms with Gasteiger partial charge in [-0.2, -0.15) is 0 Å². The molecule has 0 fully saturated rings. The Kier molecular flexibility index (Phi) is 33.9. The Morgan fingerprint density at radius 2 is 0.727 bits per heavy atom. The summed E-state index contributed by atoms with van der Waals surface area (Å²) in [5.74, 6) is 0.284. The van der Waals surface area contributed by atoms with Crippen molar-refractivity contribution in [3.05, 3.63) is 0 Å². The van der Waals surface area contributed by atoms with Gasteiger partial charge >= 0.3 is 11.9 Å². The molecule has 0 rings (SSSR count). The lowest BCUT2D eigenvalue weighted by Gasteiger charge is -2.12. The Balaban J connectivity index is 3.38. The summed E-state index contributed by atoms with van der Waals surface area (Å²) in [7, 11) is 0. The quantitative estimate of drug-likeness (QED) is 0.0561. The molecular formula is C39H76O5. The molecule has 0 radical (unpaired) electrons. The summed E-state index contributed by atoms with van der Waals surface area (Å²) in [6.45, 7) is 6.66. The second-order valence-electron chi connectivity index (χ2n) is 13.9. The van der Waals surface area contributed by atoms with Gasteiger partial charge in [0, 0.05) is 12.8 Å². The van der Waals surface area contributed by atoms with Crippen LogP contribution < -0.4 is 0 Å². The molecule has 44 heavy (non-hydrogen) atoms. The molecule has 0 aliphatic rings. The first-order chi connectivity index (χ1) is 21.5. The van der Waals surface area contributed by atoms with Crippen LogP contribution in [0.15, 0.2) is 0 Å². The number of hydrogen-bond donors (Lipinski definition) is 1. The van der Waals surface area contributed by atoms with E-state index >= 15 is 0 Å². The highest BCUT2D eigenvalue weighted by atomic mass is 16.6. The van der Waals surface area contributed by atoms with E-state index in [2.05, 4.69) is 20.8 Å².